The molecule has 1 N–H and O–H groups in total. The van der Waals surface area contributed by atoms with Gasteiger partial charge in [-0.2, -0.15) is 0 Å². The number of fused-ring (bicyclic) bond motifs is 1. The van der Waals surface area contributed by atoms with Crippen molar-refractivity contribution in [3.05, 3.63) is 94.7 Å². The first-order valence-electron chi connectivity index (χ1n) is 8.74. The molecule has 4 rings (SSSR count). The standard InChI is InChI=1S/C21H15FN4O3/c22-17-11-14(5-8-20(17)29-15-3-1-9-23-13-15)12-25-18-6-7-19(26(27)28)16-4-2-10-24-21(16)18/h1-11,13,25H,12H2. The molecule has 0 unspecified atom stereocenters. The molecule has 8 heteroatoms. The van der Waals surface area contributed by atoms with Crippen molar-refractivity contribution in [3.63, 3.8) is 0 Å². The number of nitro groups is 1. The molecule has 2 aromatic heterocycles. The Morgan fingerprint density at radius 1 is 1.10 bits per heavy atom. The Balaban J connectivity index is 1.53. The van der Waals surface area contributed by atoms with Crippen molar-refractivity contribution in [1.29, 1.82) is 0 Å². The number of aromatic nitrogens is 2. The molecule has 29 heavy (non-hydrogen) atoms. The number of nitrogens with zero attached hydrogens (tertiary/aromatic N) is 3. The third kappa shape index (κ3) is 3.96. The summed E-state index contributed by atoms with van der Waals surface area (Å²) < 4.78 is 19.9. The predicted molar refractivity (Wildman–Crippen MR) is 106 cm³/mol. The van der Waals surface area contributed by atoms with E-state index in [1.54, 1.807) is 54.9 Å². The van der Waals surface area contributed by atoms with E-state index in [4.69, 9.17) is 4.74 Å². The van der Waals surface area contributed by atoms with Crippen LogP contribution in [0.2, 0.25) is 0 Å². The van der Waals surface area contributed by atoms with E-state index < -0.39 is 10.7 Å². The molecule has 0 bridgehead atoms. The van der Waals surface area contributed by atoms with E-state index in [-0.39, 0.29) is 11.4 Å². The Labute approximate surface area is 165 Å². The number of halogens is 1. The molecule has 4 aromatic rings. The van der Waals surface area contributed by atoms with Crippen LogP contribution in [0.4, 0.5) is 15.8 Å². The average molecular weight is 390 g/mol. The van der Waals surface area contributed by atoms with E-state index >= 15 is 0 Å². The maximum atomic E-state index is 14.4. The lowest BCUT2D eigenvalue weighted by Crippen LogP contribution is -2.02. The molecule has 0 saturated heterocycles. The van der Waals surface area contributed by atoms with Crippen LogP contribution in [0.5, 0.6) is 11.5 Å². The minimum absolute atomic E-state index is 0.0124. The zero-order valence-corrected chi connectivity index (χ0v) is 15.1. The molecule has 0 aliphatic carbocycles. The van der Waals surface area contributed by atoms with Crippen molar-refractivity contribution in [1.82, 2.24) is 9.97 Å². The summed E-state index contributed by atoms with van der Waals surface area (Å²) in [7, 11) is 0. The second-order valence-electron chi connectivity index (χ2n) is 6.20. The van der Waals surface area contributed by atoms with Crippen molar-refractivity contribution >= 4 is 22.3 Å². The van der Waals surface area contributed by atoms with Gasteiger partial charge in [0.05, 0.1) is 22.2 Å². The summed E-state index contributed by atoms with van der Waals surface area (Å²) in [5.74, 6) is 0.0461. The van der Waals surface area contributed by atoms with Crippen LogP contribution < -0.4 is 10.1 Å². The molecule has 0 aliphatic rings. The molecule has 0 spiro atoms. The lowest BCUT2D eigenvalue weighted by atomic mass is 10.1. The summed E-state index contributed by atoms with van der Waals surface area (Å²) >= 11 is 0. The minimum Gasteiger partial charge on any atom is -0.453 e. The largest absolute Gasteiger partial charge is 0.453 e. The second-order valence-corrected chi connectivity index (χ2v) is 6.20. The van der Waals surface area contributed by atoms with E-state index in [1.165, 1.54) is 18.3 Å². The van der Waals surface area contributed by atoms with Crippen LogP contribution in [0.25, 0.3) is 10.9 Å². The van der Waals surface area contributed by atoms with Gasteiger partial charge in [-0.25, -0.2) is 4.39 Å². The number of rotatable bonds is 6. The van der Waals surface area contributed by atoms with Crippen LogP contribution in [0.3, 0.4) is 0 Å². The Hall–Kier alpha value is -4.07. The number of nitro benzene ring substituents is 1. The summed E-state index contributed by atoms with van der Waals surface area (Å²) in [5, 5.41) is 14.8. The van der Waals surface area contributed by atoms with Gasteiger partial charge in [-0.1, -0.05) is 6.07 Å². The van der Waals surface area contributed by atoms with Gasteiger partial charge in [-0.05, 0) is 48.0 Å². The predicted octanol–water partition coefficient (Wildman–Crippen LogP) is 5.08. The molecule has 7 nitrogen and oxygen atoms in total. The van der Waals surface area contributed by atoms with Crippen LogP contribution in [0, 0.1) is 15.9 Å². The van der Waals surface area contributed by atoms with Crippen LogP contribution in [-0.4, -0.2) is 14.9 Å². The maximum absolute atomic E-state index is 14.4. The Kier molecular flexibility index (Phi) is 4.98. The van der Waals surface area contributed by atoms with Crippen molar-refractivity contribution < 1.29 is 14.1 Å². The molecule has 0 saturated carbocycles. The smallest absolute Gasteiger partial charge is 0.278 e. The number of anilines is 1. The summed E-state index contributed by atoms with van der Waals surface area (Å²) in [6.07, 6.45) is 4.68. The average Bonchev–Trinajstić information content (AvgIpc) is 2.74. The molecular weight excluding hydrogens is 375 g/mol. The van der Waals surface area contributed by atoms with Gasteiger partial charge in [-0.15, -0.1) is 0 Å². The molecule has 2 heterocycles. The second kappa shape index (κ2) is 7.89. The van der Waals surface area contributed by atoms with Crippen molar-refractivity contribution in [2.45, 2.75) is 6.54 Å². The van der Waals surface area contributed by atoms with Gasteiger partial charge in [-0.3, -0.25) is 20.1 Å². The highest BCUT2D eigenvalue weighted by Gasteiger charge is 2.15. The zero-order chi connectivity index (χ0) is 20.2. The number of non-ortho nitro benzene ring substituents is 1. The first kappa shape index (κ1) is 18.3. The topological polar surface area (TPSA) is 90.2 Å². The third-order valence-corrected chi connectivity index (χ3v) is 4.28. The Bertz CT molecular complexity index is 1190. The number of benzene rings is 2. The van der Waals surface area contributed by atoms with E-state index in [9.17, 15) is 14.5 Å². The van der Waals surface area contributed by atoms with Gasteiger partial charge >= 0.3 is 0 Å². The molecular formula is C21H15FN4O3. The molecule has 0 radical (unpaired) electrons. The Morgan fingerprint density at radius 3 is 2.72 bits per heavy atom. The van der Waals surface area contributed by atoms with Crippen LogP contribution >= 0.6 is 0 Å². The molecule has 0 aliphatic heterocycles. The van der Waals surface area contributed by atoms with Gasteiger partial charge in [0.25, 0.3) is 5.69 Å². The highest BCUT2D eigenvalue weighted by molar-refractivity contribution is 5.96. The number of ether oxygens (including phenoxy) is 1. The molecule has 0 atom stereocenters. The summed E-state index contributed by atoms with van der Waals surface area (Å²) in [5.41, 5.74) is 1.78. The van der Waals surface area contributed by atoms with Crippen molar-refractivity contribution in [2.75, 3.05) is 5.32 Å². The monoisotopic (exact) mass is 390 g/mol. The number of hydrogen-bond acceptors (Lipinski definition) is 6. The van der Waals surface area contributed by atoms with Crippen molar-refractivity contribution in [3.8, 4) is 11.5 Å². The lowest BCUT2D eigenvalue weighted by Gasteiger charge is -2.11. The molecule has 0 fully saturated rings. The fourth-order valence-corrected chi connectivity index (χ4v) is 2.93. The van der Waals surface area contributed by atoms with E-state index in [0.29, 0.717) is 34.4 Å². The summed E-state index contributed by atoms with van der Waals surface area (Å²) in [6.45, 7) is 0.313. The zero-order valence-electron chi connectivity index (χ0n) is 15.1. The highest BCUT2D eigenvalue weighted by atomic mass is 19.1. The summed E-state index contributed by atoms with van der Waals surface area (Å²) in [6, 6.07) is 14.4. The fourth-order valence-electron chi connectivity index (χ4n) is 2.93. The van der Waals surface area contributed by atoms with Gasteiger partial charge in [0.2, 0.25) is 0 Å². The molecule has 144 valence electrons. The van der Waals surface area contributed by atoms with E-state index in [0.717, 1.165) is 0 Å². The fraction of sp³-hybridized carbons (Fsp3) is 0.0476. The lowest BCUT2D eigenvalue weighted by molar-refractivity contribution is -0.383. The quantitative estimate of drug-likeness (QED) is 0.365. The van der Waals surface area contributed by atoms with Crippen LogP contribution in [-0.2, 0) is 6.54 Å². The number of hydrogen-bond donors (Lipinski definition) is 1. The van der Waals surface area contributed by atoms with Crippen LogP contribution in [0.15, 0.2) is 73.2 Å². The number of nitrogens with one attached hydrogen (secondary N) is 1. The van der Waals surface area contributed by atoms with Crippen LogP contribution in [0.1, 0.15) is 5.56 Å². The maximum Gasteiger partial charge on any atom is 0.278 e. The van der Waals surface area contributed by atoms with Gasteiger partial charge in [0.15, 0.2) is 11.6 Å². The van der Waals surface area contributed by atoms with Crippen molar-refractivity contribution in [2.24, 2.45) is 0 Å². The van der Waals surface area contributed by atoms with Gasteiger partial charge in [0, 0.05) is 25.0 Å². The Morgan fingerprint density at radius 2 is 1.97 bits per heavy atom. The van der Waals surface area contributed by atoms with Gasteiger partial charge in [0.1, 0.15) is 11.3 Å². The van der Waals surface area contributed by atoms with E-state index in [1.807, 2.05) is 0 Å². The summed E-state index contributed by atoms with van der Waals surface area (Å²) in [4.78, 5) is 18.9. The first-order valence-corrected chi connectivity index (χ1v) is 8.74. The minimum atomic E-state index is -0.500. The SMILES string of the molecule is O=[N+]([O-])c1ccc(NCc2ccc(Oc3cccnc3)c(F)c2)c2ncccc12. The number of pyridine rings is 2. The molecule has 2 aromatic carbocycles. The van der Waals surface area contributed by atoms with E-state index in [2.05, 4.69) is 15.3 Å². The first-order chi connectivity index (χ1) is 14.1. The third-order valence-electron chi connectivity index (χ3n) is 4.28. The van der Waals surface area contributed by atoms with Gasteiger partial charge < -0.3 is 10.1 Å². The molecule has 0 amide bonds. The normalized spacial score (nSPS) is 10.7. The highest BCUT2D eigenvalue weighted by Crippen LogP contribution is 2.30.